The van der Waals surface area contributed by atoms with Gasteiger partial charge in [0.2, 0.25) is 0 Å². The minimum atomic E-state index is -0.488. The molecular weight excluding hydrogens is 250 g/mol. The number of aliphatic hydroxyl groups is 1. The maximum atomic E-state index is 10.6. The van der Waals surface area contributed by atoms with Crippen LogP contribution in [0.5, 0.6) is 5.75 Å². The van der Waals surface area contributed by atoms with Crippen molar-refractivity contribution in [3.63, 3.8) is 0 Å². The van der Waals surface area contributed by atoms with Gasteiger partial charge in [0.25, 0.3) is 0 Å². The molecule has 2 rings (SSSR count). The molecule has 0 aromatic heterocycles. The fourth-order valence-corrected chi connectivity index (χ4v) is 3.07. The number of ether oxygens (including phenoxy) is 1. The molecule has 1 aromatic carbocycles. The van der Waals surface area contributed by atoms with Gasteiger partial charge in [-0.3, -0.25) is 4.90 Å². The molecule has 3 atom stereocenters. The largest absolute Gasteiger partial charge is 0.496 e. The molecule has 112 valence electrons. The first-order chi connectivity index (χ1) is 9.51. The highest BCUT2D eigenvalue weighted by Gasteiger charge is 2.26. The lowest BCUT2D eigenvalue weighted by atomic mass is 9.94. The minimum absolute atomic E-state index is 0.488. The van der Waals surface area contributed by atoms with E-state index in [0.717, 1.165) is 29.3 Å². The van der Waals surface area contributed by atoms with E-state index in [2.05, 4.69) is 18.7 Å². The van der Waals surface area contributed by atoms with Crippen molar-refractivity contribution in [1.29, 1.82) is 0 Å². The Bertz CT molecular complexity index is 447. The average Bonchev–Trinajstić information content (AvgIpc) is 2.42. The number of aliphatic hydroxyl groups excluding tert-OH is 1. The summed E-state index contributed by atoms with van der Waals surface area (Å²) in [5.74, 6) is 1.50. The monoisotopic (exact) mass is 277 g/mol. The summed E-state index contributed by atoms with van der Waals surface area (Å²) in [7, 11) is 1.66. The van der Waals surface area contributed by atoms with Crippen LogP contribution in [0.2, 0.25) is 0 Å². The number of methoxy groups -OCH3 is 1. The predicted octanol–water partition coefficient (Wildman–Crippen LogP) is 3.16. The molecule has 0 bridgehead atoms. The Kier molecular flexibility index (Phi) is 5.06. The van der Waals surface area contributed by atoms with Gasteiger partial charge in [0, 0.05) is 24.7 Å². The lowest BCUT2D eigenvalue weighted by Crippen LogP contribution is -2.43. The zero-order valence-electron chi connectivity index (χ0n) is 13.1. The van der Waals surface area contributed by atoms with Crippen molar-refractivity contribution in [3.05, 3.63) is 29.3 Å². The molecule has 3 unspecified atom stereocenters. The number of β-amino-alcohol motifs (C(OH)–C–C–N with tert-alkyl or cyclic N) is 1. The molecule has 1 saturated heterocycles. The summed E-state index contributed by atoms with van der Waals surface area (Å²) in [6.07, 6.45) is 2.03. The third kappa shape index (κ3) is 3.53. The molecule has 3 nitrogen and oxygen atoms in total. The first-order valence-electron chi connectivity index (χ1n) is 7.58. The van der Waals surface area contributed by atoms with Crippen LogP contribution in [0.4, 0.5) is 0 Å². The number of likely N-dealkylation sites (tertiary alicyclic amines) is 1. The van der Waals surface area contributed by atoms with E-state index in [0.29, 0.717) is 12.6 Å². The normalized spacial score (nSPS) is 25.4. The van der Waals surface area contributed by atoms with Crippen molar-refractivity contribution >= 4 is 0 Å². The fraction of sp³-hybridized carbons (Fsp3) is 0.647. The van der Waals surface area contributed by atoms with Gasteiger partial charge in [-0.2, -0.15) is 0 Å². The van der Waals surface area contributed by atoms with Gasteiger partial charge in [-0.25, -0.2) is 0 Å². The highest BCUT2D eigenvalue weighted by atomic mass is 16.5. The highest BCUT2D eigenvalue weighted by Crippen LogP contribution is 2.29. The molecule has 0 aliphatic carbocycles. The van der Waals surface area contributed by atoms with Gasteiger partial charge < -0.3 is 9.84 Å². The van der Waals surface area contributed by atoms with Crippen LogP contribution < -0.4 is 4.74 Å². The minimum Gasteiger partial charge on any atom is -0.496 e. The van der Waals surface area contributed by atoms with E-state index in [9.17, 15) is 5.11 Å². The maximum absolute atomic E-state index is 10.6. The number of hydrogen-bond acceptors (Lipinski definition) is 3. The summed E-state index contributed by atoms with van der Waals surface area (Å²) in [4.78, 5) is 2.40. The smallest absolute Gasteiger partial charge is 0.124 e. The third-order valence-electron chi connectivity index (χ3n) is 4.40. The van der Waals surface area contributed by atoms with Crippen LogP contribution in [-0.2, 0) is 0 Å². The van der Waals surface area contributed by atoms with Crippen molar-refractivity contribution in [2.45, 2.75) is 45.8 Å². The summed E-state index contributed by atoms with van der Waals surface area (Å²) in [5.41, 5.74) is 2.05. The van der Waals surface area contributed by atoms with E-state index in [-0.39, 0.29) is 0 Å². The molecule has 0 radical (unpaired) electrons. The summed E-state index contributed by atoms with van der Waals surface area (Å²) in [6, 6.07) is 6.54. The Hall–Kier alpha value is -1.06. The van der Waals surface area contributed by atoms with Gasteiger partial charge in [0.1, 0.15) is 5.75 Å². The quantitative estimate of drug-likeness (QED) is 0.917. The number of aryl methyl sites for hydroxylation is 1. The molecule has 1 fully saturated rings. The van der Waals surface area contributed by atoms with Crippen molar-refractivity contribution in [2.24, 2.45) is 5.92 Å². The predicted molar refractivity (Wildman–Crippen MR) is 82.1 cm³/mol. The van der Waals surface area contributed by atoms with Gasteiger partial charge in [-0.05, 0) is 44.7 Å². The van der Waals surface area contributed by atoms with Crippen LogP contribution in [0.3, 0.4) is 0 Å². The second-order valence-electron chi connectivity index (χ2n) is 6.25. The molecule has 3 heteroatoms. The van der Waals surface area contributed by atoms with E-state index in [1.807, 2.05) is 25.1 Å². The first kappa shape index (κ1) is 15.3. The first-order valence-corrected chi connectivity index (χ1v) is 7.58. The van der Waals surface area contributed by atoms with Gasteiger partial charge in [-0.15, -0.1) is 0 Å². The Morgan fingerprint density at radius 1 is 1.35 bits per heavy atom. The van der Waals surface area contributed by atoms with Crippen LogP contribution in [0.1, 0.15) is 43.9 Å². The van der Waals surface area contributed by atoms with Crippen LogP contribution >= 0.6 is 0 Å². The molecule has 20 heavy (non-hydrogen) atoms. The summed E-state index contributed by atoms with van der Waals surface area (Å²) < 4.78 is 5.38. The van der Waals surface area contributed by atoms with Crippen LogP contribution in [0.15, 0.2) is 18.2 Å². The number of hydrogen-bond donors (Lipinski definition) is 1. The second-order valence-corrected chi connectivity index (χ2v) is 6.25. The zero-order valence-corrected chi connectivity index (χ0v) is 13.1. The van der Waals surface area contributed by atoms with Crippen molar-refractivity contribution < 1.29 is 9.84 Å². The molecule has 0 amide bonds. The molecule has 1 aliphatic heterocycles. The van der Waals surface area contributed by atoms with Gasteiger partial charge in [0.15, 0.2) is 0 Å². The van der Waals surface area contributed by atoms with Crippen LogP contribution in [0, 0.1) is 12.8 Å². The number of piperidine rings is 1. The number of rotatable bonds is 4. The van der Waals surface area contributed by atoms with Crippen LogP contribution in [0.25, 0.3) is 0 Å². The lowest BCUT2D eigenvalue weighted by molar-refractivity contribution is 0.0557. The molecule has 0 spiro atoms. The Morgan fingerprint density at radius 3 is 2.80 bits per heavy atom. The molecular formula is C17H27NO2. The zero-order chi connectivity index (χ0) is 14.7. The summed E-state index contributed by atoms with van der Waals surface area (Å²) in [5, 5.41) is 10.6. The van der Waals surface area contributed by atoms with Gasteiger partial charge >= 0.3 is 0 Å². The van der Waals surface area contributed by atoms with Gasteiger partial charge in [0.05, 0.1) is 13.2 Å². The molecule has 0 saturated carbocycles. The van der Waals surface area contributed by atoms with Crippen molar-refractivity contribution in [1.82, 2.24) is 4.90 Å². The Labute approximate surface area is 122 Å². The average molecular weight is 277 g/mol. The SMILES string of the molecule is COc1ccc(C)cc1C(O)CN1CC(C)CCC1C. The summed E-state index contributed by atoms with van der Waals surface area (Å²) >= 11 is 0. The molecule has 1 aliphatic rings. The highest BCUT2D eigenvalue weighted by molar-refractivity contribution is 5.38. The van der Waals surface area contributed by atoms with E-state index in [4.69, 9.17) is 4.74 Å². The standard InChI is InChI=1S/C17H27NO2/c1-12-6-8-17(20-4)15(9-12)16(19)11-18-10-13(2)5-7-14(18)3/h6,8-9,13-14,16,19H,5,7,10-11H2,1-4H3. The maximum Gasteiger partial charge on any atom is 0.124 e. The topological polar surface area (TPSA) is 32.7 Å². The molecule has 1 heterocycles. The van der Waals surface area contributed by atoms with Crippen molar-refractivity contribution in [2.75, 3.05) is 20.2 Å². The number of nitrogens with zero attached hydrogens (tertiary/aromatic N) is 1. The van der Waals surface area contributed by atoms with E-state index < -0.39 is 6.10 Å². The van der Waals surface area contributed by atoms with Crippen molar-refractivity contribution in [3.8, 4) is 5.75 Å². The lowest BCUT2D eigenvalue weighted by Gasteiger charge is -2.38. The molecule has 1 N–H and O–H groups in total. The van der Waals surface area contributed by atoms with Gasteiger partial charge in [-0.1, -0.05) is 18.6 Å². The van der Waals surface area contributed by atoms with E-state index >= 15 is 0 Å². The fourth-order valence-electron chi connectivity index (χ4n) is 3.07. The van der Waals surface area contributed by atoms with E-state index in [1.165, 1.54) is 12.8 Å². The number of benzene rings is 1. The second kappa shape index (κ2) is 6.59. The van der Waals surface area contributed by atoms with E-state index in [1.54, 1.807) is 7.11 Å². The Morgan fingerprint density at radius 2 is 2.10 bits per heavy atom. The van der Waals surface area contributed by atoms with Crippen LogP contribution in [-0.4, -0.2) is 36.2 Å². The third-order valence-corrected chi connectivity index (χ3v) is 4.40. The molecule has 1 aromatic rings. The summed E-state index contributed by atoms with van der Waals surface area (Å²) in [6.45, 7) is 8.35. The Balaban J connectivity index is 2.11.